The Morgan fingerprint density at radius 2 is 1.52 bits per heavy atom. The summed E-state index contributed by atoms with van der Waals surface area (Å²) in [4.78, 5) is 3.45. The van der Waals surface area contributed by atoms with Crippen molar-refractivity contribution in [3.63, 3.8) is 0 Å². The van der Waals surface area contributed by atoms with Crippen molar-refractivity contribution in [3.05, 3.63) is 36.0 Å². The Labute approximate surface area is 153 Å². The van der Waals surface area contributed by atoms with Crippen molar-refractivity contribution in [2.75, 3.05) is 28.4 Å². The Morgan fingerprint density at radius 1 is 0.840 bits per heavy atom. The molecule has 1 aromatic heterocycles. The van der Waals surface area contributed by atoms with E-state index < -0.39 is 0 Å². The van der Waals surface area contributed by atoms with Crippen LogP contribution >= 0.6 is 0 Å². The van der Waals surface area contributed by atoms with Crippen molar-refractivity contribution in [1.82, 2.24) is 4.98 Å². The molecular weight excluding hydrogens is 385 g/mol. The minimum absolute atomic E-state index is 0.138. The van der Waals surface area contributed by atoms with Gasteiger partial charge in [-0.05, 0) is 0 Å². The summed E-state index contributed by atoms with van der Waals surface area (Å²) in [5, 5.41) is 1.10. The summed E-state index contributed by atoms with van der Waals surface area (Å²) >= 11 is 0.138. The molecule has 132 valence electrons. The van der Waals surface area contributed by atoms with Crippen molar-refractivity contribution >= 4 is 34.8 Å². The number of fused-ring (bicyclic) bond motifs is 1. The predicted octanol–water partition coefficient (Wildman–Crippen LogP) is 2.17. The minimum atomic E-state index is 0.138. The van der Waals surface area contributed by atoms with Gasteiger partial charge in [0.15, 0.2) is 0 Å². The van der Waals surface area contributed by atoms with Crippen LogP contribution in [0.25, 0.3) is 10.9 Å². The molecule has 1 heterocycles. The SMILES string of the molecule is COc1ccc([Se]c2c(C)[nH]c3c(OC)c(OC)c(OC)cc23)cc1. The molecule has 1 N–H and O–H groups in total. The Bertz CT molecular complexity index is 887. The summed E-state index contributed by atoms with van der Waals surface area (Å²) in [6.45, 7) is 2.08. The maximum atomic E-state index is 5.59. The van der Waals surface area contributed by atoms with Gasteiger partial charge in [0, 0.05) is 0 Å². The van der Waals surface area contributed by atoms with Gasteiger partial charge >= 0.3 is 153 Å². The number of hydrogen-bond donors (Lipinski definition) is 1. The normalized spacial score (nSPS) is 10.8. The van der Waals surface area contributed by atoms with E-state index in [1.807, 2.05) is 18.2 Å². The third kappa shape index (κ3) is 3.15. The first kappa shape index (κ1) is 17.5. The summed E-state index contributed by atoms with van der Waals surface area (Å²) < 4.78 is 24.4. The van der Waals surface area contributed by atoms with E-state index in [0.29, 0.717) is 17.2 Å². The van der Waals surface area contributed by atoms with Gasteiger partial charge in [0.25, 0.3) is 0 Å². The summed E-state index contributed by atoms with van der Waals surface area (Å²) in [6.07, 6.45) is 0. The number of ether oxygens (including phenoxy) is 4. The van der Waals surface area contributed by atoms with Crippen LogP contribution in [0.2, 0.25) is 0 Å². The van der Waals surface area contributed by atoms with E-state index >= 15 is 0 Å². The summed E-state index contributed by atoms with van der Waals surface area (Å²) in [5.74, 6) is 2.79. The standard InChI is InChI=1S/C19H21NO4Se/c1-11-19(25-13-8-6-12(21-2)7-9-13)14-10-15(22-3)17(23-4)18(24-5)16(14)20-11/h6-10,20H,1-5H3. The van der Waals surface area contributed by atoms with Crippen LogP contribution < -0.4 is 27.9 Å². The van der Waals surface area contributed by atoms with Crippen LogP contribution in [0.4, 0.5) is 0 Å². The molecule has 25 heavy (non-hydrogen) atoms. The van der Waals surface area contributed by atoms with Crippen molar-refractivity contribution in [2.45, 2.75) is 6.92 Å². The van der Waals surface area contributed by atoms with Crippen molar-refractivity contribution in [2.24, 2.45) is 0 Å². The zero-order chi connectivity index (χ0) is 18.0. The Morgan fingerprint density at radius 3 is 2.08 bits per heavy atom. The molecule has 0 aliphatic heterocycles. The molecule has 3 aromatic rings. The van der Waals surface area contributed by atoms with Crippen LogP contribution in [-0.4, -0.2) is 48.4 Å². The Balaban J connectivity index is 2.13. The number of H-pyrrole nitrogens is 1. The molecule has 0 amide bonds. The first-order chi connectivity index (χ1) is 12.1. The molecule has 0 saturated heterocycles. The second kappa shape index (κ2) is 7.30. The van der Waals surface area contributed by atoms with Gasteiger partial charge in [-0.25, -0.2) is 0 Å². The van der Waals surface area contributed by atoms with E-state index in [-0.39, 0.29) is 15.0 Å². The fourth-order valence-electron chi connectivity index (χ4n) is 2.80. The third-order valence-corrected chi connectivity index (χ3v) is 6.60. The van der Waals surface area contributed by atoms with E-state index in [0.717, 1.165) is 22.3 Å². The molecule has 0 radical (unpaired) electrons. The van der Waals surface area contributed by atoms with Crippen LogP contribution in [-0.2, 0) is 0 Å². The Hall–Kier alpha value is -2.30. The van der Waals surface area contributed by atoms with Crippen LogP contribution in [0.3, 0.4) is 0 Å². The topological polar surface area (TPSA) is 52.7 Å². The molecule has 0 aliphatic rings. The number of aryl methyl sites for hydroxylation is 1. The van der Waals surface area contributed by atoms with Crippen LogP contribution in [0.1, 0.15) is 5.69 Å². The molecule has 0 atom stereocenters. The van der Waals surface area contributed by atoms with Crippen LogP contribution in [0.5, 0.6) is 23.0 Å². The van der Waals surface area contributed by atoms with Crippen LogP contribution in [0, 0.1) is 6.92 Å². The first-order valence-corrected chi connectivity index (χ1v) is 9.47. The second-order valence-corrected chi connectivity index (χ2v) is 7.70. The van der Waals surface area contributed by atoms with E-state index in [9.17, 15) is 0 Å². The number of nitrogens with one attached hydrogen (secondary N) is 1. The molecular formula is C19H21NO4Se. The number of hydrogen-bond acceptors (Lipinski definition) is 4. The number of aromatic amines is 1. The third-order valence-electron chi connectivity index (χ3n) is 4.01. The molecule has 0 bridgehead atoms. The van der Waals surface area contributed by atoms with Gasteiger partial charge < -0.3 is 0 Å². The quantitative estimate of drug-likeness (QED) is 0.638. The summed E-state index contributed by atoms with van der Waals surface area (Å²) in [6, 6.07) is 10.2. The van der Waals surface area contributed by atoms with Gasteiger partial charge in [-0.15, -0.1) is 0 Å². The predicted molar refractivity (Wildman–Crippen MR) is 101 cm³/mol. The fraction of sp³-hybridized carbons (Fsp3) is 0.263. The van der Waals surface area contributed by atoms with Gasteiger partial charge in [-0.2, -0.15) is 0 Å². The molecule has 6 heteroatoms. The monoisotopic (exact) mass is 407 g/mol. The summed E-state index contributed by atoms with van der Waals surface area (Å²) in [7, 11) is 6.57. The van der Waals surface area contributed by atoms with E-state index in [1.54, 1.807) is 28.4 Å². The number of methoxy groups -OCH3 is 4. The van der Waals surface area contributed by atoms with Crippen molar-refractivity contribution in [1.29, 1.82) is 0 Å². The van der Waals surface area contributed by atoms with Crippen LogP contribution in [0.15, 0.2) is 30.3 Å². The van der Waals surface area contributed by atoms with E-state index in [1.165, 1.54) is 8.92 Å². The zero-order valence-corrected chi connectivity index (χ0v) is 16.6. The number of rotatable bonds is 6. The average molecular weight is 406 g/mol. The molecule has 0 spiro atoms. The Kier molecular flexibility index (Phi) is 5.11. The zero-order valence-electron chi connectivity index (χ0n) is 14.9. The number of aromatic nitrogens is 1. The van der Waals surface area contributed by atoms with Gasteiger partial charge in [0.05, 0.1) is 0 Å². The van der Waals surface area contributed by atoms with Gasteiger partial charge in [-0.3, -0.25) is 0 Å². The van der Waals surface area contributed by atoms with Gasteiger partial charge in [-0.1, -0.05) is 0 Å². The molecule has 0 aliphatic carbocycles. The summed E-state index contributed by atoms with van der Waals surface area (Å²) in [5.41, 5.74) is 2.06. The molecule has 5 nitrogen and oxygen atoms in total. The van der Waals surface area contributed by atoms with Gasteiger partial charge in [0.2, 0.25) is 0 Å². The van der Waals surface area contributed by atoms with Crippen molar-refractivity contribution < 1.29 is 18.9 Å². The van der Waals surface area contributed by atoms with Gasteiger partial charge in [0.1, 0.15) is 0 Å². The average Bonchev–Trinajstić information content (AvgIpc) is 2.95. The van der Waals surface area contributed by atoms with E-state index in [4.69, 9.17) is 18.9 Å². The molecule has 0 fully saturated rings. The van der Waals surface area contributed by atoms with Crippen molar-refractivity contribution in [3.8, 4) is 23.0 Å². The molecule has 0 unspecified atom stereocenters. The fourth-order valence-corrected chi connectivity index (χ4v) is 4.86. The first-order valence-electron chi connectivity index (χ1n) is 7.76. The molecule has 0 saturated carbocycles. The molecule has 2 aromatic carbocycles. The maximum absolute atomic E-state index is 5.59. The van der Waals surface area contributed by atoms with E-state index in [2.05, 4.69) is 24.0 Å². The number of benzene rings is 2. The second-order valence-electron chi connectivity index (χ2n) is 5.42. The molecule has 3 rings (SSSR count).